The predicted octanol–water partition coefficient (Wildman–Crippen LogP) is 4.91. The summed E-state index contributed by atoms with van der Waals surface area (Å²) >= 11 is 12.6. The molecule has 216 valence electrons. The fourth-order valence-electron chi connectivity index (χ4n) is 5.49. The lowest BCUT2D eigenvalue weighted by molar-refractivity contribution is -0.126. The first kappa shape index (κ1) is 30.2. The molecule has 2 fully saturated rings. The molecule has 0 radical (unpaired) electrons. The molecule has 10 heteroatoms. The van der Waals surface area contributed by atoms with Crippen LogP contribution in [-0.2, 0) is 19.7 Å². The number of hydrogen-bond donors (Lipinski definition) is 4. The molecule has 2 aliphatic rings. The van der Waals surface area contributed by atoms with Crippen LogP contribution in [0, 0.1) is 11.8 Å². The average molecular weight is 591 g/mol. The molecule has 2 aromatic carbocycles. The van der Waals surface area contributed by atoms with Crippen molar-refractivity contribution in [2.75, 3.05) is 13.2 Å². The van der Waals surface area contributed by atoms with E-state index in [4.69, 9.17) is 27.9 Å². The van der Waals surface area contributed by atoms with Crippen molar-refractivity contribution in [2.45, 2.75) is 69.6 Å². The Hall–Kier alpha value is -2.81. The van der Waals surface area contributed by atoms with Crippen LogP contribution in [-0.4, -0.2) is 48.2 Å². The van der Waals surface area contributed by atoms with Crippen LogP contribution in [0.25, 0.3) is 0 Å². The number of alkyl carbamates (subject to hydrolysis) is 1. The average Bonchev–Trinajstić information content (AvgIpc) is 3.62. The number of carbonyl (C=O) groups excluding carboxylic acids is 3. The molecule has 4 rings (SSSR count). The van der Waals surface area contributed by atoms with Crippen LogP contribution in [0.2, 0.25) is 10.0 Å². The molecule has 0 bridgehead atoms. The Morgan fingerprint density at radius 1 is 1.10 bits per heavy atom. The number of halogens is 2. The number of aliphatic hydroxyl groups excluding tert-OH is 1. The van der Waals surface area contributed by atoms with Gasteiger partial charge in [0.25, 0.3) is 0 Å². The van der Waals surface area contributed by atoms with E-state index >= 15 is 0 Å². The number of ether oxygens (including phenoxy) is 1. The molecule has 3 amide bonds. The first-order chi connectivity index (χ1) is 19.1. The number of benzene rings is 2. The van der Waals surface area contributed by atoms with E-state index in [1.165, 1.54) is 0 Å². The highest BCUT2D eigenvalue weighted by Crippen LogP contribution is 2.58. The molecule has 2 aromatic rings. The maximum absolute atomic E-state index is 13.4. The summed E-state index contributed by atoms with van der Waals surface area (Å²) in [6.45, 7) is 4.18. The summed E-state index contributed by atoms with van der Waals surface area (Å²) in [5.41, 5.74) is 1.25. The zero-order valence-corrected chi connectivity index (χ0v) is 24.3. The van der Waals surface area contributed by atoms with Gasteiger partial charge in [-0.05, 0) is 73.4 Å². The van der Waals surface area contributed by atoms with Gasteiger partial charge in [0.2, 0.25) is 11.8 Å². The molecule has 4 atom stereocenters. The monoisotopic (exact) mass is 589 g/mol. The lowest BCUT2D eigenvalue weighted by atomic mass is 9.86. The van der Waals surface area contributed by atoms with Crippen LogP contribution >= 0.6 is 23.2 Å². The van der Waals surface area contributed by atoms with E-state index in [1.807, 2.05) is 44.2 Å². The molecule has 0 aromatic heterocycles. The van der Waals surface area contributed by atoms with Gasteiger partial charge in [-0.15, -0.1) is 0 Å². The second-order valence-electron chi connectivity index (χ2n) is 11.2. The van der Waals surface area contributed by atoms with Gasteiger partial charge in [0.1, 0.15) is 12.1 Å². The van der Waals surface area contributed by atoms with E-state index in [2.05, 4.69) is 16.0 Å². The van der Waals surface area contributed by atoms with Crippen molar-refractivity contribution < 1.29 is 24.2 Å². The highest BCUT2D eigenvalue weighted by Gasteiger charge is 2.53. The summed E-state index contributed by atoms with van der Waals surface area (Å²) < 4.78 is 6.09. The van der Waals surface area contributed by atoms with E-state index in [9.17, 15) is 19.5 Å². The molecule has 1 heterocycles. The SMILES string of the molecule is CC(C)C[C@H](NC(=O)OC(c1cccc(Cl)c1)C1(c2cccc(Cl)c2)CC1)C(=O)N[C@H](CO)C[C@@H]1CCNC1=O. The summed E-state index contributed by atoms with van der Waals surface area (Å²) in [7, 11) is 0. The largest absolute Gasteiger partial charge is 0.440 e. The van der Waals surface area contributed by atoms with Gasteiger partial charge in [-0.1, -0.05) is 61.3 Å². The van der Waals surface area contributed by atoms with Crippen LogP contribution in [0.5, 0.6) is 0 Å². The Morgan fingerprint density at radius 3 is 2.38 bits per heavy atom. The molecular formula is C30H37Cl2N3O5. The summed E-state index contributed by atoms with van der Waals surface area (Å²) in [5, 5.41) is 19.4. The number of carbonyl (C=O) groups is 3. The van der Waals surface area contributed by atoms with Gasteiger partial charge in [0.15, 0.2) is 0 Å². The zero-order chi connectivity index (χ0) is 28.9. The number of aliphatic hydroxyl groups is 1. The molecule has 8 nitrogen and oxygen atoms in total. The van der Waals surface area contributed by atoms with Crippen LogP contribution < -0.4 is 16.0 Å². The molecule has 0 spiro atoms. The summed E-state index contributed by atoms with van der Waals surface area (Å²) in [5.74, 6) is -0.680. The van der Waals surface area contributed by atoms with E-state index in [0.717, 1.165) is 24.0 Å². The highest BCUT2D eigenvalue weighted by atomic mass is 35.5. The standard InChI is InChI=1S/C30H37Cl2N3O5/c1-18(2)13-25(28(38)34-24(17-36)15-20-9-12-33-27(20)37)35-29(39)40-26(19-5-3-7-22(31)14-19)30(10-11-30)21-6-4-8-23(32)16-21/h3-8,14,16,18,20,24-26,36H,9-13,15,17H2,1-2H3,(H,33,37)(H,34,38)(H,35,39)/t20-,24-,25-,26?/m0/s1. The number of nitrogens with one attached hydrogen (secondary N) is 3. The summed E-state index contributed by atoms with van der Waals surface area (Å²) in [4.78, 5) is 38.7. The molecule has 1 aliphatic heterocycles. The first-order valence-electron chi connectivity index (χ1n) is 13.8. The maximum atomic E-state index is 13.4. The minimum atomic E-state index is -0.889. The Balaban J connectivity index is 1.51. The van der Waals surface area contributed by atoms with Crippen molar-refractivity contribution in [1.29, 1.82) is 0 Å². The Bertz CT molecular complexity index is 1220. The van der Waals surface area contributed by atoms with Crippen LogP contribution in [0.4, 0.5) is 4.79 Å². The smallest absolute Gasteiger partial charge is 0.408 e. The van der Waals surface area contributed by atoms with Crippen LogP contribution in [0.1, 0.15) is 63.2 Å². The Labute approximate surface area is 245 Å². The quantitative estimate of drug-likeness (QED) is 0.280. The van der Waals surface area contributed by atoms with Crippen molar-refractivity contribution in [3.63, 3.8) is 0 Å². The zero-order valence-electron chi connectivity index (χ0n) is 22.8. The van der Waals surface area contributed by atoms with E-state index in [-0.39, 0.29) is 24.3 Å². The van der Waals surface area contributed by atoms with E-state index in [0.29, 0.717) is 35.9 Å². The third kappa shape index (κ3) is 7.47. The summed E-state index contributed by atoms with van der Waals surface area (Å²) in [6.07, 6.45) is 1.55. The van der Waals surface area contributed by atoms with Gasteiger partial charge in [-0.3, -0.25) is 9.59 Å². The minimum Gasteiger partial charge on any atom is -0.440 e. The Kier molecular flexibility index (Phi) is 9.98. The van der Waals surface area contributed by atoms with Gasteiger partial charge in [-0.2, -0.15) is 0 Å². The first-order valence-corrected chi connectivity index (χ1v) is 14.5. The fourth-order valence-corrected chi connectivity index (χ4v) is 5.87. The number of hydrogen-bond acceptors (Lipinski definition) is 5. The number of amides is 3. The molecule has 1 unspecified atom stereocenters. The van der Waals surface area contributed by atoms with Crippen molar-refractivity contribution in [1.82, 2.24) is 16.0 Å². The van der Waals surface area contributed by atoms with Gasteiger partial charge in [0, 0.05) is 27.9 Å². The topological polar surface area (TPSA) is 117 Å². The lowest BCUT2D eigenvalue weighted by Crippen LogP contribution is -2.52. The van der Waals surface area contributed by atoms with E-state index < -0.39 is 35.6 Å². The van der Waals surface area contributed by atoms with Crippen LogP contribution in [0.15, 0.2) is 48.5 Å². The molecule has 4 N–H and O–H groups in total. The summed E-state index contributed by atoms with van der Waals surface area (Å²) in [6, 6.07) is 13.3. The molecular weight excluding hydrogens is 553 g/mol. The third-order valence-corrected chi connectivity index (χ3v) is 8.15. The lowest BCUT2D eigenvalue weighted by Gasteiger charge is -2.30. The predicted molar refractivity (Wildman–Crippen MR) is 154 cm³/mol. The normalized spacial score (nSPS) is 19.9. The van der Waals surface area contributed by atoms with Gasteiger partial charge >= 0.3 is 6.09 Å². The van der Waals surface area contributed by atoms with Crippen molar-refractivity contribution >= 4 is 41.1 Å². The number of rotatable bonds is 12. The van der Waals surface area contributed by atoms with Crippen molar-refractivity contribution in [3.8, 4) is 0 Å². The second kappa shape index (κ2) is 13.2. The van der Waals surface area contributed by atoms with Crippen molar-refractivity contribution in [2.24, 2.45) is 11.8 Å². The second-order valence-corrected chi connectivity index (χ2v) is 12.1. The van der Waals surface area contributed by atoms with Crippen molar-refractivity contribution in [3.05, 3.63) is 69.7 Å². The van der Waals surface area contributed by atoms with E-state index in [1.54, 1.807) is 18.2 Å². The molecule has 1 saturated carbocycles. The molecule has 40 heavy (non-hydrogen) atoms. The third-order valence-electron chi connectivity index (χ3n) is 7.68. The maximum Gasteiger partial charge on any atom is 0.408 e. The minimum absolute atomic E-state index is 0.0751. The van der Waals surface area contributed by atoms with Gasteiger partial charge in [-0.25, -0.2) is 4.79 Å². The molecule has 1 saturated heterocycles. The van der Waals surface area contributed by atoms with Gasteiger partial charge in [0.05, 0.1) is 12.6 Å². The van der Waals surface area contributed by atoms with Crippen LogP contribution in [0.3, 0.4) is 0 Å². The fraction of sp³-hybridized carbons (Fsp3) is 0.500. The Morgan fingerprint density at radius 2 is 1.80 bits per heavy atom. The molecule has 1 aliphatic carbocycles. The highest BCUT2D eigenvalue weighted by molar-refractivity contribution is 6.31. The van der Waals surface area contributed by atoms with Gasteiger partial charge < -0.3 is 25.8 Å².